The molecule has 1 saturated heterocycles. The van der Waals surface area contributed by atoms with Crippen LogP contribution in [0.15, 0.2) is 0 Å². The van der Waals surface area contributed by atoms with E-state index in [2.05, 4.69) is 27.7 Å². The third kappa shape index (κ3) is 4.66. The van der Waals surface area contributed by atoms with Crippen molar-refractivity contribution in [2.75, 3.05) is 0 Å². The number of carbonyl (C=O) groups is 1. The zero-order valence-corrected chi connectivity index (χ0v) is 11.5. The summed E-state index contributed by atoms with van der Waals surface area (Å²) in [7, 11) is 0. The van der Waals surface area contributed by atoms with Gasteiger partial charge in [-0.15, -0.1) is 0 Å². The summed E-state index contributed by atoms with van der Waals surface area (Å²) in [6, 6.07) is 0. The lowest BCUT2D eigenvalue weighted by Crippen LogP contribution is -2.37. The van der Waals surface area contributed by atoms with E-state index in [0.29, 0.717) is 12.3 Å². The molecule has 1 N–H and O–H groups in total. The number of aliphatic hydroxyl groups excluding tert-OH is 1. The maximum atomic E-state index is 11.3. The normalized spacial score (nSPS) is 27.7. The number of aliphatic hydroxyl groups is 1. The minimum atomic E-state index is -0.516. The van der Waals surface area contributed by atoms with Gasteiger partial charge < -0.3 is 9.84 Å². The molecule has 0 saturated carbocycles. The van der Waals surface area contributed by atoms with Gasteiger partial charge in [0.15, 0.2) is 0 Å². The maximum Gasteiger partial charge on any atom is 0.308 e. The van der Waals surface area contributed by atoms with Crippen LogP contribution in [0, 0.1) is 11.3 Å². The Labute approximate surface area is 105 Å². The minimum absolute atomic E-state index is 0.109. The Bertz CT molecular complexity index is 260. The van der Waals surface area contributed by atoms with Gasteiger partial charge in [-0.1, -0.05) is 34.1 Å². The number of cyclic esters (lactones) is 1. The molecule has 1 unspecified atom stereocenters. The Hall–Kier alpha value is -0.570. The van der Waals surface area contributed by atoms with Crippen molar-refractivity contribution in [2.24, 2.45) is 11.3 Å². The summed E-state index contributed by atoms with van der Waals surface area (Å²) in [6.07, 6.45) is 3.51. The molecule has 100 valence electrons. The Morgan fingerprint density at radius 2 is 2.18 bits per heavy atom. The Kier molecular flexibility index (Phi) is 4.99. The van der Waals surface area contributed by atoms with Crippen LogP contribution in [-0.2, 0) is 9.53 Å². The molecule has 0 radical (unpaired) electrons. The molecule has 3 nitrogen and oxygen atoms in total. The van der Waals surface area contributed by atoms with Crippen molar-refractivity contribution in [2.45, 2.75) is 72.0 Å². The summed E-state index contributed by atoms with van der Waals surface area (Å²) in [5, 5.41) is 9.60. The van der Waals surface area contributed by atoms with Gasteiger partial charge in [0.05, 0.1) is 12.5 Å². The predicted molar refractivity (Wildman–Crippen MR) is 67.6 cm³/mol. The average molecular weight is 242 g/mol. The molecule has 0 amide bonds. The Morgan fingerprint density at radius 1 is 1.53 bits per heavy atom. The van der Waals surface area contributed by atoms with Crippen LogP contribution < -0.4 is 0 Å². The van der Waals surface area contributed by atoms with Crippen molar-refractivity contribution in [3.8, 4) is 0 Å². The van der Waals surface area contributed by atoms with Gasteiger partial charge in [0.25, 0.3) is 0 Å². The number of esters is 1. The average Bonchev–Trinajstić information content (AvgIpc) is 2.14. The lowest BCUT2D eigenvalue weighted by atomic mass is 9.77. The molecule has 1 aliphatic rings. The van der Waals surface area contributed by atoms with Crippen molar-refractivity contribution < 1.29 is 14.6 Å². The molecule has 1 heterocycles. The van der Waals surface area contributed by atoms with Gasteiger partial charge in [-0.3, -0.25) is 4.79 Å². The monoisotopic (exact) mass is 242 g/mol. The summed E-state index contributed by atoms with van der Waals surface area (Å²) in [5.41, 5.74) is 0.281. The van der Waals surface area contributed by atoms with Crippen LogP contribution >= 0.6 is 0 Å². The highest BCUT2D eigenvalue weighted by molar-refractivity contribution is 5.71. The van der Waals surface area contributed by atoms with Gasteiger partial charge in [-0.25, -0.2) is 0 Å². The van der Waals surface area contributed by atoms with Crippen molar-refractivity contribution in [1.29, 1.82) is 0 Å². The number of hydrogen-bond donors (Lipinski definition) is 1. The third-order valence-corrected chi connectivity index (χ3v) is 3.63. The first kappa shape index (κ1) is 14.5. The zero-order chi connectivity index (χ0) is 13.1. The summed E-state index contributed by atoms with van der Waals surface area (Å²) in [4.78, 5) is 11.3. The van der Waals surface area contributed by atoms with Gasteiger partial charge >= 0.3 is 5.97 Å². The molecule has 0 aliphatic carbocycles. The van der Waals surface area contributed by atoms with E-state index in [9.17, 15) is 9.90 Å². The van der Waals surface area contributed by atoms with Crippen molar-refractivity contribution in [3.63, 3.8) is 0 Å². The van der Waals surface area contributed by atoms with Crippen molar-refractivity contribution in [1.82, 2.24) is 0 Å². The highest BCUT2D eigenvalue weighted by atomic mass is 16.5. The third-order valence-electron chi connectivity index (χ3n) is 3.63. The van der Waals surface area contributed by atoms with E-state index >= 15 is 0 Å². The van der Waals surface area contributed by atoms with Gasteiger partial charge in [-0.2, -0.15) is 0 Å². The van der Waals surface area contributed by atoms with E-state index in [-0.39, 0.29) is 23.9 Å². The second kappa shape index (κ2) is 5.85. The van der Waals surface area contributed by atoms with Gasteiger partial charge in [-0.05, 0) is 24.2 Å². The van der Waals surface area contributed by atoms with E-state index in [1.54, 1.807) is 0 Å². The zero-order valence-electron chi connectivity index (χ0n) is 11.5. The fourth-order valence-electron chi connectivity index (χ4n) is 2.94. The first-order valence-corrected chi connectivity index (χ1v) is 6.71. The standard InChI is InChI=1S/C14H26O3/c1-5-6-14(3,4)9-10(2)12-7-11(15)8-13(16)17-12/h10-12,15H,5-9H2,1-4H3/t10?,11-,12+/m1/s1. The fourth-order valence-corrected chi connectivity index (χ4v) is 2.94. The van der Waals surface area contributed by atoms with Crippen molar-refractivity contribution >= 4 is 5.97 Å². The summed E-state index contributed by atoms with van der Waals surface area (Å²) >= 11 is 0. The molecule has 0 bridgehead atoms. The van der Waals surface area contributed by atoms with Gasteiger partial charge in [0.1, 0.15) is 6.10 Å². The smallest absolute Gasteiger partial charge is 0.308 e. The predicted octanol–water partition coefficient (Wildman–Crippen LogP) is 2.91. The first-order chi connectivity index (χ1) is 7.84. The largest absolute Gasteiger partial charge is 0.462 e. The van der Waals surface area contributed by atoms with E-state index in [0.717, 1.165) is 6.42 Å². The molecule has 1 rings (SSSR count). The highest BCUT2D eigenvalue weighted by Crippen LogP contribution is 2.34. The molecule has 3 atom stereocenters. The summed E-state index contributed by atoms with van der Waals surface area (Å²) < 4.78 is 5.34. The first-order valence-electron chi connectivity index (χ1n) is 6.71. The second-order valence-electron chi connectivity index (χ2n) is 6.22. The van der Waals surface area contributed by atoms with Crippen LogP contribution in [-0.4, -0.2) is 23.3 Å². The molecule has 3 heteroatoms. The number of hydrogen-bond acceptors (Lipinski definition) is 3. The fraction of sp³-hybridized carbons (Fsp3) is 0.929. The molecule has 0 spiro atoms. The highest BCUT2D eigenvalue weighted by Gasteiger charge is 2.33. The Morgan fingerprint density at radius 3 is 2.71 bits per heavy atom. The summed E-state index contributed by atoms with van der Waals surface area (Å²) in [6.45, 7) is 8.83. The van der Waals surface area contributed by atoms with Crippen LogP contribution in [0.4, 0.5) is 0 Å². The quantitative estimate of drug-likeness (QED) is 0.754. The Balaban J connectivity index is 2.51. The maximum absolute atomic E-state index is 11.3. The van der Waals surface area contributed by atoms with Crippen LogP contribution in [0.1, 0.15) is 59.8 Å². The molecule has 1 aliphatic heterocycles. The molecule has 0 aromatic heterocycles. The van der Waals surface area contributed by atoms with E-state index in [1.165, 1.54) is 12.8 Å². The van der Waals surface area contributed by atoms with E-state index < -0.39 is 6.10 Å². The SMILES string of the molecule is CCCC(C)(C)CC(C)[C@@H]1C[C@@H](O)CC(=O)O1. The van der Waals surface area contributed by atoms with Crippen LogP contribution in [0.5, 0.6) is 0 Å². The molecular weight excluding hydrogens is 216 g/mol. The molecule has 0 aromatic carbocycles. The molecule has 0 aromatic rings. The minimum Gasteiger partial charge on any atom is -0.462 e. The van der Waals surface area contributed by atoms with Crippen molar-refractivity contribution in [3.05, 3.63) is 0 Å². The number of rotatable bonds is 5. The second-order valence-corrected chi connectivity index (χ2v) is 6.22. The molecule has 1 fully saturated rings. The molecule has 17 heavy (non-hydrogen) atoms. The number of ether oxygens (including phenoxy) is 1. The van der Waals surface area contributed by atoms with E-state index in [4.69, 9.17) is 4.74 Å². The molecular formula is C14H26O3. The lowest BCUT2D eigenvalue weighted by Gasteiger charge is -2.35. The number of carbonyl (C=O) groups excluding carboxylic acids is 1. The van der Waals surface area contributed by atoms with Gasteiger partial charge in [0.2, 0.25) is 0 Å². The van der Waals surface area contributed by atoms with Crippen LogP contribution in [0.3, 0.4) is 0 Å². The van der Waals surface area contributed by atoms with Crippen LogP contribution in [0.2, 0.25) is 0 Å². The topological polar surface area (TPSA) is 46.5 Å². The lowest BCUT2D eigenvalue weighted by molar-refractivity contribution is -0.164. The van der Waals surface area contributed by atoms with Gasteiger partial charge in [0, 0.05) is 6.42 Å². The summed E-state index contributed by atoms with van der Waals surface area (Å²) in [5.74, 6) is 0.0596. The van der Waals surface area contributed by atoms with E-state index in [1.807, 2.05) is 0 Å². The van der Waals surface area contributed by atoms with Crippen LogP contribution in [0.25, 0.3) is 0 Å².